The van der Waals surface area contributed by atoms with Crippen LogP contribution in [0.3, 0.4) is 0 Å². The van der Waals surface area contributed by atoms with E-state index in [4.69, 9.17) is 0 Å². The topological polar surface area (TPSA) is 74.7 Å². The van der Waals surface area contributed by atoms with Gasteiger partial charge >= 0.3 is 5.97 Å². The molecule has 0 radical (unpaired) electrons. The zero-order chi connectivity index (χ0) is 17.7. The maximum absolute atomic E-state index is 12.6. The fraction of sp³-hybridized carbons (Fsp3) is 0.278. The number of rotatable bonds is 7. The summed E-state index contributed by atoms with van der Waals surface area (Å²) in [7, 11) is -2.56. The van der Waals surface area contributed by atoms with Crippen molar-refractivity contribution in [1.29, 1.82) is 0 Å². The number of aryl methyl sites for hydroxylation is 1. The summed E-state index contributed by atoms with van der Waals surface area (Å²) in [6.07, 6.45) is 1.01. The molecule has 0 amide bonds. The van der Waals surface area contributed by atoms with Gasteiger partial charge in [0, 0.05) is 7.05 Å². The highest BCUT2D eigenvalue weighted by Gasteiger charge is 2.32. The molecule has 0 aromatic heterocycles. The fourth-order valence-electron chi connectivity index (χ4n) is 2.43. The van der Waals surface area contributed by atoms with Crippen molar-refractivity contribution in [2.45, 2.75) is 30.7 Å². The van der Waals surface area contributed by atoms with Gasteiger partial charge in [0.2, 0.25) is 10.0 Å². The van der Waals surface area contributed by atoms with Gasteiger partial charge in [0.1, 0.15) is 6.04 Å². The van der Waals surface area contributed by atoms with Crippen LogP contribution in [-0.4, -0.2) is 36.9 Å². The first-order valence-electron chi connectivity index (χ1n) is 7.70. The molecule has 2 rings (SSSR count). The van der Waals surface area contributed by atoms with E-state index in [0.29, 0.717) is 0 Å². The number of sulfonamides is 1. The molecule has 0 spiro atoms. The Bertz CT molecular complexity index is 786. The summed E-state index contributed by atoms with van der Waals surface area (Å²) in [6, 6.07) is 14.2. The number of carboxylic acid groups (broad SMARTS) is 1. The van der Waals surface area contributed by atoms with E-state index < -0.39 is 22.0 Å². The average molecular weight is 347 g/mol. The molecule has 5 nitrogen and oxygen atoms in total. The van der Waals surface area contributed by atoms with E-state index in [1.165, 1.54) is 19.2 Å². The molecule has 128 valence electrons. The Morgan fingerprint density at radius 1 is 1.04 bits per heavy atom. The molecule has 24 heavy (non-hydrogen) atoms. The molecule has 0 bridgehead atoms. The van der Waals surface area contributed by atoms with Crippen LogP contribution in [0.5, 0.6) is 0 Å². The van der Waals surface area contributed by atoms with Crippen molar-refractivity contribution in [1.82, 2.24) is 4.31 Å². The highest BCUT2D eigenvalue weighted by molar-refractivity contribution is 7.89. The van der Waals surface area contributed by atoms with E-state index >= 15 is 0 Å². The molecule has 0 aliphatic rings. The molecule has 0 fully saturated rings. The second kappa shape index (κ2) is 7.59. The monoisotopic (exact) mass is 347 g/mol. The van der Waals surface area contributed by atoms with E-state index in [1.807, 2.05) is 31.2 Å². The lowest BCUT2D eigenvalue weighted by atomic mass is 10.0. The van der Waals surface area contributed by atoms with E-state index in [0.717, 1.165) is 21.9 Å². The Balaban J connectivity index is 2.27. The summed E-state index contributed by atoms with van der Waals surface area (Å²) >= 11 is 0. The lowest BCUT2D eigenvalue weighted by Gasteiger charge is -2.24. The summed E-state index contributed by atoms with van der Waals surface area (Å²) in [5, 5.41) is 9.51. The summed E-state index contributed by atoms with van der Waals surface area (Å²) in [5.41, 5.74) is 1.94. The van der Waals surface area contributed by atoms with Gasteiger partial charge in [-0.1, -0.05) is 49.4 Å². The van der Waals surface area contributed by atoms with Gasteiger partial charge < -0.3 is 5.11 Å². The predicted octanol–water partition coefficient (Wildman–Crippen LogP) is 2.57. The Kier molecular flexibility index (Phi) is 5.75. The molecule has 0 saturated carbocycles. The predicted molar refractivity (Wildman–Crippen MR) is 92.3 cm³/mol. The van der Waals surface area contributed by atoms with E-state index in [-0.39, 0.29) is 11.3 Å². The van der Waals surface area contributed by atoms with Crippen LogP contribution < -0.4 is 0 Å². The number of nitrogens with zero attached hydrogens (tertiary/aromatic N) is 1. The first-order chi connectivity index (χ1) is 11.4. The van der Waals surface area contributed by atoms with Crippen LogP contribution in [0.15, 0.2) is 59.5 Å². The number of carboxylic acids is 1. The van der Waals surface area contributed by atoms with E-state index in [1.54, 1.807) is 18.2 Å². The molecule has 0 saturated heterocycles. The molecule has 0 aliphatic heterocycles. The van der Waals surface area contributed by atoms with Gasteiger partial charge in [-0.3, -0.25) is 4.79 Å². The number of hydrogen-bond donors (Lipinski definition) is 1. The number of hydrogen-bond acceptors (Lipinski definition) is 3. The Morgan fingerprint density at radius 2 is 1.58 bits per heavy atom. The van der Waals surface area contributed by atoms with Gasteiger partial charge in [0.05, 0.1) is 4.90 Å². The summed E-state index contributed by atoms with van der Waals surface area (Å²) in [6.45, 7) is 2.04. The zero-order valence-corrected chi connectivity index (χ0v) is 14.5. The van der Waals surface area contributed by atoms with Gasteiger partial charge in [-0.15, -0.1) is 0 Å². The smallest absolute Gasteiger partial charge is 0.322 e. The minimum Gasteiger partial charge on any atom is -0.480 e. The van der Waals surface area contributed by atoms with E-state index in [9.17, 15) is 18.3 Å². The highest BCUT2D eigenvalue weighted by Crippen LogP contribution is 2.19. The van der Waals surface area contributed by atoms with Crippen molar-refractivity contribution in [3.63, 3.8) is 0 Å². The minimum absolute atomic E-state index is 0.0834. The van der Waals surface area contributed by atoms with Crippen LogP contribution in [-0.2, 0) is 27.7 Å². The summed E-state index contributed by atoms with van der Waals surface area (Å²) < 4.78 is 26.2. The normalized spacial score (nSPS) is 13.0. The molecule has 0 aliphatic carbocycles. The van der Waals surface area contributed by atoms with Crippen LogP contribution in [0.2, 0.25) is 0 Å². The second-order valence-corrected chi connectivity index (χ2v) is 7.56. The summed E-state index contributed by atoms with van der Waals surface area (Å²) in [4.78, 5) is 11.7. The SMILES string of the molecule is CCc1ccc(C[C@H](C(=O)O)N(C)S(=O)(=O)c2ccccc2)cc1. The van der Waals surface area contributed by atoms with Gasteiger partial charge in [-0.2, -0.15) is 4.31 Å². The van der Waals surface area contributed by atoms with Gasteiger partial charge in [0.25, 0.3) is 0 Å². The first-order valence-corrected chi connectivity index (χ1v) is 9.14. The van der Waals surface area contributed by atoms with Gasteiger partial charge in [-0.25, -0.2) is 8.42 Å². The quantitative estimate of drug-likeness (QED) is 0.835. The lowest BCUT2D eigenvalue weighted by molar-refractivity contribution is -0.141. The zero-order valence-electron chi connectivity index (χ0n) is 13.7. The van der Waals surface area contributed by atoms with Crippen LogP contribution in [0.4, 0.5) is 0 Å². The Morgan fingerprint density at radius 3 is 2.08 bits per heavy atom. The Labute approximate surface area is 142 Å². The molecule has 2 aromatic carbocycles. The summed E-state index contributed by atoms with van der Waals surface area (Å²) in [5.74, 6) is -1.17. The largest absolute Gasteiger partial charge is 0.480 e. The number of carbonyl (C=O) groups is 1. The molecule has 6 heteroatoms. The number of likely N-dealkylation sites (N-methyl/N-ethyl adjacent to an activating group) is 1. The lowest BCUT2D eigenvalue weighted by Crippen LogP contribution is -2.43. The molecule has 1 atom stereocenters. The van der Waals surface area contributed by atoms with Gasteiger partial charge in [-0.05, 0) is 36.1 Å². The molecular formula is C18H21NO4S. The average Bonchev–Trinajstić information content (AvgIpc) is 2.60. The molecule has 1 N–H and O–H groups in total. The van der Waals surface area contributed by atoms with Crippen LogP contribution in [0, 0.1) is 0 Å². The van der Waals surface area contributed by atoms with Crippen molar-refractivity contribution in [2.24, 2.45) is 0 Å². The number of aliphatic carboxylic acids is 1. The third kappa shape index (κ3) is 4.01. The third-order valence-corrected chi connectivity index (χ3v) is 5.89. The fourth-order valence-corrected chi connectivity index (χ4v) is 3.77. The van der Waals surface area contributed by atoms with Crippen molar-refractivity contribution in [2.75, 3.05) is 7.05 Å². The van der Waals surface area contributed by atoms with E-state index in [2.05, 4.69) is 0 Å². The van der Waals surface area contributed by atoms with Crippen molar-refractivity contribution in [3.05, 3.63) is 65.7 Å². The van der Waals surface area contributed by atoms with Crippen LogP contribution in [0.25, 0.3) is 0 Å². The Hall–Kier alpha value is -2.18. The standard InChI is InChI=1S/C18H21NO4S/c1-3-14-9-11-15(12-10-14)13-17(18(20)21)19(2)24(22,23)16-7-5-4-6-8-16/h4-12,17H,3,13H2,1-2H3,(H,20,21)/t17-/m1/s1. The second-order valence-electron chi connectivity index (χ2n) is 5.56. The minimum atomic E-state index is -3.86. The molecule has 0 heterocycles. The van der Waals surface area contributed by atoms with Crippen molar-refractivity contribution < 1.29 is 18.3 Å². The molecular weight excluding hydrogens is 326 g/mol. The van der Waals surface area contributed by atoms with Gasteiger partial charge in [0.15, 0.2) is 0 Å². The number of benzene rings is 2. The van der Waals surface area contributed by atoms with Crippen LogP contribution >= 0.6 is 0 Å². The maximum Gasteiger partial charge on any atom is 0.322 e. The van der Waals surface area contributed by atoms with Crippen LogP contribution in [0.1, 0.15) is 18.1 Å². The third-order valence-electron chi connectivity index (χ3n) is 4.00. The van der Waals surface area contributed by atoms with Crippen molar-refractivity contribution in [3.8, 4) is 0 Å². The first kappa shape index (κ1) is 18.2. The maximum atomic E-state index is 12.6. The molecule has 2 aromatic rings. The molecule has 0 unspecified atom stereocenters. The highest BCUT2D eigenvalue weighted by atomic mass is 32.2. The van der Waals surface area contributed by atoms with Crippen molar-refractivity contribution >= 4 is 16.0 Å².